The fourth-order valence-corrected chi connectivity index (χ4v) is 3.26. The number of nitrogens with one attached hydrogen (secondary N) is 1. The molecule has 0 bridgehead atoms. The summed E-state index contributed by atoms with van der Waals surface area (Å²) in [7, 11) is 0. The monoisotopic (exact) mass is 482 g/mol. The number of rotatable bonds is 13. The zero-order valence-corrected chi connectivity index (χ0v) is 20.2. The van der Waals surface area contributed by atoms with Gasteiger partial charge in [-0.3, -0.25) is 10.2 Å². The Morgan fingerprint density at radius 1 is 1.00 bits per heavy atom. The van der Waals surface area contributed by atoms with E-state index in [1.54, 1.807) is 0 Å². The van der Waals surface area contributed by atoms with E-state index in [4.69, 9.17) is 34.0 Å². The van der Waals surface area contributed by atoms with Gasteiger partial charge in [0, 0.05) is 13.2 Å². The summed E-state index contributed by atoms with van der Waals surface area (Å²) in [5.74, 6) is -2.97. The first kappa shape index (κ1) is 29.2. The van der Waals surface area contributed by atoms with Gasteiger partial charge in [0.15, 0.2) is 0 Å². The van der Waals surface area contributed by atoms with E-state index in [0.717, 1.165) is 38.8 Å². The highest BCUT2D eigenvalue weighted by Crippen LogP contribution is 2.24. The number of benzene rings is 1. The molecule has 1 amide bonds. The molecule has 1 unspecified atom stereocenters. The van der Waals surface area contributed by atoms with Gasteiger partial charge in [0.1, 0.15) is 11.9 Å². The Hall–Kier alpha value is -2.85. The van der Waals surface area contributed by atoms with Crippen molar-refractivity contribution in [1.29, 1.82) is 0 Å². The van der Waals surface area contributed by atoms with Gasteiger partial charge in [0.05, 0.1) is 18.9 Å². The molecular formula is C24H38N2O8. The summed E-state index contributed by atoms with van der Waals surface area (Å²) < 4.78 is 17.2. The average molecular weight is 483 g/mol. The lowest BCUT2D eigenvalue weighted by atomic mass is 10.2. The Morgan fingerprint density at radius 2 is 1.68 bits per heavy atom. The van der Waals surface area contributed by atoms with Gasteiger partial charge in [-0.1, -0.05) is 38.8 Å². The van der Waals surface area contributed by atoms with E-state index in [1.165, 1.54) is 12.8 Å². The molecule has 1 aromatic carbocycles. The van der Waals surface area contributed by atoms with Crippen molar-refractivity contribution in [2.45, 2.75) is 58.5 Å². The van der Waals surface area contributed by atoms with E-state index in [9.17, 15) is 4.79 Å². The first-order chi connectivity index (χ1) is 16.4. The van der Waals surface area contributed by atoms with Crippen LogP contribution in [-0.4, -0.2) is 78.7 Å². The number of carbonyl (C=O) groups excluding carboxylic acids is 1. The third kappa shape index (κ3) is 13.0. The van der Waals surface area contributed by atoms with Crippen molar-refractivity contribution in [3.63, 3.8) is 0 Å². The Bertz CT molecular complexity index is 725. The lowest BCUT2D eigenvalue weighted by molar-refractivity contribution is -0.159. The van der Waals surface area contributed by atoms with Crippen LogP contribution in [0.4, 0.5) is 10.5 Å². The number of nitrogens with zero attached hydrogens (tertiary/aromatic N) is 1. The van der Waals surface area contributed by atoms with Gasteiger partial charge in [-0.2, -0.15) is 0 Å². The number of carbonyl (C=O) groups is 3. The van der Waals surface area contributed by atoms with E-state index < -0.39 is 18.0 Å². The number of para-hydroxylation sites is 2. The van der Waals surface area contributed by atoms with Crippen LogP contribution in [0, 0.1) is 0 Å². The maximum absolute atomic E-state index is 12.5. The van der Waals surface area contributed by atoms with Crippen LogP contribution in [0.15, 0.2) is 24.3 Å². The highest BCUT2D eigenvalue weighted by atomic mass is 16.6. The molecular weight excluding hydrogens is 444 g/mol. The molecule has 192 valence electrons. The molecule has 1 atom stereocenters. The molecule has 1 fully saturated rings. The molecule has 0 aliphatic carbocycles. The highest BCUT2D eigenvalue weighted by Gasteiger charge is 2.21. The number of anilines is 1. The van der Waals surface area contributed by atoms with Crippen LogP contribution in [0.2, 0.25) is 0 Å². The number of hydrogen-bond acceptors (Lipinski definition) is 7. The number of likely N-dealkylation sites (tertiary alicyclic amines) is 1. The maximum Gasteiger partial charge on any atom is 0.414 e. The number of carboxylic acid groups (broad SMARTS) is 2. The van der Waals surface area contributed by atoms with Gasteiger partial charge in [-0.25, -0.2) is 14.4 Å². The summed E-state index contributed by atoms with van der Waals surface area (Å²) in [5.41, 5.74) is 0.637. The minimum Gasteiger partial charge on any atom is -0.491 e. The smallest absolute Gasteiger partial charge is 0.414 e. The normalized spacial score (nSPS) is 13.9. The second kappa shape index (κ2) is 17.6. The largest absolute Gasteiger partial charge is 0.491 e. The predicted molar refractivity (Wildman–Crippen MR) is 127 cm³/mol. The molecule has 1 aromatic rings. The molecule has 0 saturated carbocycles. The van der Waals surface area contributed by atoms with Gasteiger partial charge in [0.25, 0.3) is 0 Å². The number of amides is 1. The molecule has 0 spiro atoms. The lowest BCUT2D eigenvalue weighted by Gasteiger charge is -2.24. The van der Waals surface area contributed by atoms with Crippen LogP contribution >= 0.6 is 0 Å². The zero-order valence-electron chi connectivity index (χ0n) is 20.2. The first-order valence-electron chi connectivity index (χ1n) is 11.8. The van der Waals surface area contributed by atoms with Crippen LogP contribution in [0.1, 0.15) is 52.4 Å². The van der Waals surface area contributed by atoms with Crippen LogP contribution in [0.25, 0.3) is 0 Å². The molecule has 1 aliphatic heterocycles. The van der Waals surface area contributed by atoms with Crippen molar-refractivity contribution in [3.8, 4) is 5.75 Å². The van der Waals surface area contributed by atoms with E-state index >= 15 is 0 Å². The number of ether oxygens (including phenoxy) is 3. The van der Waals surface area contributed by atoms with Crippen molar-refractivity contribution < 1.29 is 38.8 Å². The molecule has 0 radical (unpaired) electrons. The van der Waals surface area contributed by atoms with Gasteiger partial charge in [0.2, 0.25) is 0 Å². The third-order valence-corrected chi connectivity index (χ3v) is 4.90. The third-order valence-electron chi connectivity index (χ3n) is 4.90. The molecule has 1 aliphatic rings. The Labute approximate surface area is 201 Å². The van der Waals surface area contributed by atoms with Crippen molar-refractivity contribution in [1.82, 2.24) is 4.90 Å². The summed E-state index contributed by atoms with van der Waals surface area (Å²) in [6.45, 7) is 8.81. The quantitative estimate of drug-likeness (QED) is 0.283. The topological polar surface area (TPSA) is 135 Å². The fraction of sp³-hybridized carbons (Fsp3) is 0.625. The summed E-state index contributed by atoms with van der Waals surface area (Å²) in [5, 5.41) is 17.6. The van der Waals surface area contributed by atoms with Gasteiger partial charge < -0.3 is 24.4 Å². The molecule has 10 heteroatoms. The predicted octanol–water partition coefficient (Wildman–Crippen LogP) is 3.85. The first-order valence-corrected chi connectivity index (χ1v) is 11.8. The second-order valence-electron chi connectivity index (χ2n) is 7.90. The summed E-state index contributed by atoms with van der Waals surface area (Å²) in [6.07, 6.45) is 5.90. The van der Waals surface area contributed by atoms with Crippen LogP contribution < -0.4 is 10.1 Å². The number of aliphatic carboxylic acids is 2. The Morgan fingerprint density at radius 3 is 2.29 bits per heavy atom. The molecule has 2 rings (SSSR count). The fourth-order valence-electron chi connectivity index (χ4n) is 3.26. The summed E-state index contributed by atoms with van der Waals surface area (Å²) >= 11 is 0. The van der Waals surface area contributed by atoms with Gasteiger partial charge in [-0.15, -0.1) is 0 Å². The minimum absolute atomic E-state index is 0.276. The van der Waals surface area contributed by atoms with Crippen LogP contribution in [-0.2, 0) is 19.1 Å². The molecule has 3 N–H and O–H groups in total. The SMILES string of the molecule is CCCCCOc1ccccc1NC(=O)OC(COCCC)CN1CCCC1.O=C(O)C(=O)O. The number of hydrogen-bond donors (Lipinski definition) is 3. The molecule has 1 saturated heterocycles. The maximum atomic E-state index is 12.5. The van der Waals surface area contributed by atoms with Crippen LogP contribution in [0.3, 0.4) is 0 Å². The van der Waals surface area contributed by atoms with Crippen molar-refractivity contribution in [2.24, 2.45) is 0 Å². The molecule has 1 heterocycles. The Balaban J connectivity index is 0.000000852. The standard InChI is InChI=1S/C22H36N2O4.C2H2O4/c1-3-5-10-16-27-21-12-7-6-11-20(21)23-22(25)28-19(18-26-15-4-2)17-24-13-8-9-14-24;3-1(4)2(5)6/h6-7,11-12,19H,3-5,8-10,13-18H2,1-2H3,(H,23,25);(H,3,4)(H,5,6). The molecule has 0 aromatic heterocycles. The Kier molecular flexibility index (Phi) is 15.1. The number of carboxylic acids is 2. The second-order valence-corrected chi connectivity index (χ2v) is 7.90. The number of unbranched alkanes of at least 4 members (excludes halogenated alkanes) is 2. The summed E-state index contributed by atoms with van der Waals surface area (Å²) in [4.78, 5) is 33.0. The van der Waals surface area contributed by atoms with Crippen molar-refractivity contribution >= 4 is 23.7 Å². The van der Waals surface area contributed by atoms with Gasteiger partial charge in [-0.05, 0) is 50.9 Å². The van der Waals surface area contributed by atoms with Crippen molar-refractivity contribution in [2.75, 3.05) is 44.8 Å². The molecule has 34 heavy (non-hydrogen) atoms. The van der Waals surface area contributed by atoms with E-state index in [1.807, 2.05) is 24.3 Å². The van der Waals surface area contributed by atoms with Crippen LogP contribution in [0.5, 0.6) is 5.75 Å². The van der Waals surface area contributed by atoms with E-state index in [0.29, 0.717) is 37.8 Å². The van der Waals surface area contributed by atoms with E-state index in [-0.39, 0.29) is 6.10 Å². The van der Waals surface area contributed by atoms with E-state index in [2.05, 4.69) is 24.1 Å². The summed E-state index contributed by atoms with van der Waals surface area (Å²) in [6, 6.07) is 7.48. The van der Waals surface area contributed by atoms with Crippen molar-refractivity contribution in [3.05, 3.63) is 24.3 Å². The minimum atomic E-state index is -1.82. The zero-order chi connectivity index (χ0) is 25.2. The lowest BCUT2D eigenvalue weighted by Crippen LogP contribution is -2.37. The van der Waals surface area contributed by atoms with Gasteiger partial charge >= 0.3 is 18.0 Å². The average Bonchev–Trinajstić information content (AvgIpc) is 3.31. The molecule has 10 nitrogen and oxygen atoms in total. The highest BCUT2D eigenvalue weighted by molar-refractivity contribution is 6.27.